The smallest absolute Gasteiger partial charge is 0.387 e. The molecule has 0 saturated carbocycles. The number of carbonyl (C=O) groups is 1. The summed E-state index contributed by atoms with van der Waals surface area (Å²) < 4.78 is 28.6. The van der Waals surface area contributed by atoms with E-state index in [0.29, 0.717) is 11.3 Å². The Morgan fingerprint density at radius 3 is 2.65 bits per heavy atom. The lowest BCUT2D eigenvalue weighted by atomic mass is 10.1. The van der Waals surface area contributed by atoms with Gasteiger partial charge in [-0.05, 0) is 29.8 Å². The zero-order chi connectivity index (χ0) is 18.4. The van der Waals surface area contributed by atoms with Crippen molar-refractivity contribution in [1.29, 1.82) is 0 Å². The summed E-state index contributed by atoms with van der Waals surface area (Å²) >= 11 is 1.91. The number of ether oxygens (including phenoxy) is 1. The van der Waals surface area contributed by atoms with Crippen molar-refractivity contribution in [2.45, 2.75) is 13.0 Å². The SMILES string of the molecule is O=C(Cc1ccc(OC(F)F)cc1)Nc1cccnc1N1CCSCC1. The highest BCUT2D eigenvalue weighted by Crippen LogP contribution is 2.25. The number of nitrogens with one attached hydrogen (secondary N) is 1. The van der Waals surface area contributed by atoms with E-state index in [1.807, 2.05) is 17.8 Å². The Morgan fingerprint density at radius 1 is 1.23 bits per heavy atom. The quantitative estimate of drug-likeness (QED) is 0.834. The van der Waals surface area contributed by atoms with Crippen LogP contribution in [0, 0.1) is 0 Å². The molecule has 1 aromatic carbocycles. The first-order valence-electron chi connectivity index (χ1n) is 8.23. The van der Waals surface area contributed by atoms with E-state index < -0.39 is 6.61 Å². The van der Waals surface area contributed by atoms with Crippen LogP contribution in [-0.4, -0.2) is 42.1 Å². The van der Waals surface area contributed by atoms with E-state index in [-0.39, 0.29) is 18.1 Å². The van der Waals surface area contributed by atoms with E-state index in [4.69, 9.17) is 0 Å². The van der Waals surface area contributed by atoms with Crippen LogP contribution in [0.1, 0.15) is 5.56 Å². The van der Waals surface area contributed by atoms with E-state index in [1.165, 1.54) is 12.1 Å². The monoisotopic (exact) mass is 379 g/mol. The second kappa shape index (κ2) is 8.84. The van der Waals surface area contributed by atoms with Crippen LogP contribution in [0.3, 0.4) is 0 Å². The van der Waals surface area contributed by atoms with Crippen LogP contribution in [0.15, 0.2) is 42.6 Å². The number of alkyl halides is 2. The van der Waals surface area contributed by atoms with Crippen LogP contribution >= 0.6 is 11.8 Å². The summed E-state index contributed by atoms with van der Waals surface area (Å²) in [6.07, 6.45) is 1.85. The molecule has 0 aliphatic carbocycles. The summed E-state index contributed by atoms with van der Waals surface area (Å²) in [4.78, 5) is 19.0. The number of rotatable bonds is 6. The fraction of sp³-hybridized carbons (Fsp3) is 0.333. The summed E-state index contributed by atoms with van der Waals surface area (Å²) in [5, 5.41) is 2.90. The topological polar surface area (TPSA) is 54.5 Å². The number of anilines is 2. The van der Waals surface area contributed by atoms with Gasteiger partial charge < -0.3 is 15.0 Å². The Morgan fingerprint density at radius 2 is 1.96 bits per heavy atom. The number of hydrogen-bond acceptors (Lipinski definition) is 5. The molecular formula is C18H19F2N3O2S. The van der Waals surface area contributed by atoms with Crippen LogP contribution in [0.5, 0.6) is 5.75 Å². The molecule has 0 bridgehead atoms. The average Bonchev–Trinajstić information content (AvgIpc) is 2.64. The Bertz CT molecular complexity index is 737. The van der Waals surface area contributed by atoms with Gasteiger partial charge in [-0.3, -0.25) is 4.79 Å². The van der Waals surface area contributed by atoms with Crippen molar-refractivity contribution in [2.24, 2.45) is 0 Å². The molecule has 3 rings (SSSR count). The Balaban J connectivity index is 1.63. The van der Waals surface area contributed by atoms with Crippen molar-refractivity contribution < 1.29 is 18.3 Å². The van der Waals surface area contributed by atoms with Gasteiger partial charge in [0.15, 0.2) is 5.82 Å². The van der Waals surface area contributed by atoms with E-state index in [1.54, 1.807) is 24.4 Å². The Hall–Kier alpha value is -2.35. The van der Waals surface area contributed by atoms with E-state index in [2.05, 4.69) is 19.9 Å². The van der Waals surface area contributed by atoms with E-state index in [9.17, 15) is 13.6 Å². The Kier molecular flexibility index (Phi) is 6.27. The minimum absolute atomic E-state index is 0.0710. The molecule has 1 aromatic heterocycles. The molecule has 1 aliphatic heterocycles. The molecule has 8 heteroatoms. The van der Waals surface area contributed by atoms with Crippen LogP contribution in [-0.2, 0) is 11.2 Å². The molecule has 0 atom stereocenters. The number of nitrogens with zero attached hydrogens (tertiary/aromatic N) is 2. The van der Waals surface area contributed by atoms with Crippen LogP contribution in [0.4, 0.5) is 20.3 Å². The molecule has 5 nitrogen and oxygen atoms in total. The minimum atomic E-state index is -2.86. The number of aromatic nitrogens is 1. The highest BCUT2D eigenvalue weighted by molar-refractivity contribution is 7.99. The van der Waals surface area contributed by atoms with Crippen LogP contribution in [0.2, 0.25) is 0 Å². The first-order chi connectivity index (χ1) is 12.6. The van der Waals surface area contributed by atoms with Crippen molar-refractivity contribution in [3.8, 4) is 5.75 Å². The number of hydrogen-bond donors (Lipinski definition) is 1. The fourth-order valence-corrected chi connectivity index (χ4v) is 3.59. The highest BCUT2D eigenvalue weighted by Gasteiger charge is 2.17. The van der Waals surface area contributed by atoms with Crippen LogP contribution in [0.25, 0.3) is 0 Å². The van der Waals surface area contributed by atoms with E-state index in [0.717, 1.165) is 30.4 Å². The molecule has 0 radical (unpaired) electrons. The van der Waals surface area contributed by atoms with Gasteiger partial charge in [-0.15, -0.1) is 0 Å². The number of thioether (sulfide) groups is 1. The second-order valence-electron chi connectivity index (χ2n) is 5.72. The minimum Gasteiger partial charge on any atom is -0.435 e. The van der Waals surface area contributed by atoms with Gasteiger partial charge >= 0.3 is 6.61 Å². The molecule has 0 unspecified atom stereocenters. The first kappa shape index (κ1) is 18.4. The third-order valence-corrected chi connectivity index (χ3v) is 4.83. The summed E-state index contributed by atoms with van der Waals surface area (Å²) in [6, 6.07) is 9.67. The predicted octanol–water partition coefficient (Wildman–Crippen LogP) is 3.42. The molecular weight excluding hydrogens is 360 g/mol. The van der Waals surface area contributed by atoms with Crippen molar-refractivity contribution in [1.82, 2.24) is 4.98 Å². The largest absolute Gasteiger partial charge is 0.435 e. The summed E-state index contributed by atoms with van der Waals surface area (Å²) in [5.74, 6) is 2.74. The molecule has 1 saturated heterocycles. The molecule has 1 N–H and O–H groups in total. The number of pyridine rings is 1. The van der Waals surface area contributed by atoms with Gasteiger partial charge in [0, 0.05) is 30.8 Å². The molecule has 138 valence electrons. The molecule has 2 heterocycles. The van der Waals surface area contributed by atoms with Crippen molar-refractivity contribution in [3.63, 3.8) is 0 Å². The molecule has 2 aromatic rings. The fourth-order valence-electron chi connectivity index (χ4n) is 2.69. The van der Waals surface area contributed by atoms with Gasteiger partial charge in [-0.25, -0.2) is 4.98 Å². The summed E-state index contributed by atoms with van der Waals surface area (Å²) in [6.45, 7) is -1.06. The number of benzene rings is 1. The third-order valence-electron chi connectivity index (χ3n) is 3.88. The van der Waals surface area contributed by atoms with Crippen molar-refractivity contribution in [3.05, 3.63) is 48.2 Å². The molecule has 0 spiro atoms. The molecule has 1 amide bonds. The standard InChI is InChI=1S/C18H19F2N3O2S/c19-18(20)25-14-5-3-13(4-6-14)12-16(24)22-15-2-1-7-21-17(15)23-8-10-26-11-9-23/h1-7,18H,8-12H2,(H,22,24). The van der Waals surface area contributed by atoms with Gasteiger partial charge in [0.05, 0.1) is 12.1 Å². The normalized spacial score (nSPS) is 14.3. The Labute approximate surface area is 154 Å². The molecule has 1 fully saturated rings. The summed E-state index contributed by atoms with van der Waals surface area (Å²) in [5.41, 5.74) is 1.39. The van der Waals surface area contributed by atoms with Gasteiger partial charge in [-0.2, -0.15) is 20.5 Å². The lowest BCUT2D eigenvalue weighted by Crippen LogP contribution is -2.34. The second-order valence-corrected chi connectivity index (χ2v) is 6.95. The van der Waals surface area contributed by atoms with Gasteiger partial charge in [-0.1, -0.05) is 12.1 Å². The average molecular weight is 379 g/mol. The van der Waals surface area contributed by atoms with Crippen molar-refractivity contribution in [2.75, 3.05) is 34.8 Å². The zero-order valence-electron chi connectivity index (χ0n) is 14.0. The van der Waals surface area contributed by atoms with Crippen molar-refractivity contribution >= 4 is 29.2 Å². The van der Waals surface area contributed by atoms with Crippen LogP contribution < -0.4 is 15.0 Å². The lowest BCUT2D eigenvalue weighted by Gasteiger charge is -2.29. The summed E-state index contributed by atoms with van der Waals surface area (Å²) in [7, 11) is 0. The van der Waals surface area contributed by atoms with Gasteiger partial charge in [0.1, 0.15) is 5.75 Å². The maximum absolute atomic E-state index is 12.4. The maximum atomic E-state index is 12.4. The predicted molar refractivity (Wildman–Crippen MR) is 99.2 cm³/mol. The molecule has 26 heavy (non-hydrogen) atoms. The number of carbonyl (C=O) groups excluding carboxylic acids is 1. The number of amides is 1. The van der Waals surface area contributed by atoms with E-state index >= 15 is 0 Å². The highest BCUT2D eigenvalue weighted by atomic mass is 32.2. The first-order valence-corrected chi connectivity index (χ1v) is 9.38. The molecule has 1 aliphatic rings. The lowest BCUT2D eigenvalue weighted by molar-refractivity contribution is -0.115. The zero-order valence-corrected chi connectivity index (χ0v) is 14.8. The third kappa shape index (κ3) is 5.08. The number of halogens is 2. The maximum Gasteiger partial charge on any atom is 0.387 e. The van der Waals surface area contributed by atoms with Gasteiger partial charge in [0.25, 0.3) is 0 Å². The van der Waals surface area contributed by atoms with Gasteiger partial charge in [0.2, 0.25) is 5.91 Å².